The minimum Gasteiger partial charge on any atom is -0.375 e. The zero-order valence-electron chi connectivity index (χ0n) is 10.1. The van der Waals surface area contributed by atoms with Crippen molar-refractivity contribution in [3.8, 4) is 0 Å². The number of rotatable bonds is 7. The van der Waals surface area contributed by atoms with Gasteiger partial charge in [-0.3, -0.25) is 4.79 Å². The standard InChI is InChI=1S/C12H22N2O2/c1-10(2)8-16-7-6-14-11(15)12(9-13)4-3-5-12/h1,3-9,13H2,2H3,(H,14,15). The van der Waals surface area contributed by atoms with Gasteiger partial charge in [0.15, 0.2) is 0 Å². The molecule has 0 atom stereocenters. The van der Waals surface area contributed by atoms with E-state index in [0.717, 1.165) is 24.8 Å². The van der Waals surface area contributed by atoms with Crippen molar-refractivity contribution in [1.82, 2.24) is 5.32 Å². The largest absolute Gasteiger partial charge is 0.375 e. The topological polar surface area (TPSA) is 64.3 Å². The molecule has 92 valence electrons. The molecular formula is C12H22N2O2. The number of ether oxygens (including phenoxy) is 1. The molecule has 0 aliphatic heterocycles. The molecule has 0 aromatic carbocycles. The van der Waals surface area contributed by atoms with Crippen molar-refractivity contribution in [1.29, 1.82) is 0 Å². The molecule has 0 heterocycles. The molecule has 0 bridgehead atoms. The molecule has 3 N–H and O–H groups in total. The minimum absolute atomic E-state index is 0.0835. The van der Waals surface area contributed by atoms with Gasteiger partial charge in [-0.25, -0.2) is 0 Å². The number of hydrogen-bond donors (Lipinski definition) is 2. The van der Waals surface area contributed by atoms with Crippen molar-refractivity contribution in [3.05, 3.63) is 12.2 Å². The fourth-order valence-electron chi connectivity index (χ4n) is 1.80. The highest BCUT2D eigenvalue weighted by atomic mass is 16.5. The first kappa shape index (κ1) is 13.2. The van der Waals surface area contributed by atoms with Gasteiger partial charge in [0.2, 0.25) is 5.91 Å². The van der Waals surface area contributed by atoms with Crippen molar-refractivity contribution in [2.45, 2.75) is 26.2 Å². The SMILES string of the molecule is C=C(C)COCCNC(=O)C1(CN)CCC1. The average molecular weight is 226 g/mol. The van der Waals surface area contributed by atoms with Crippen LogP contribution in [-0.2, 0) is 9.53 Å². The lowest BCUT2D eigenvalue weighted by atomic mass is 9.68. The second-order valence-electron chi connectivity index (χ2n) is 4.60. The van der Waals surface area contributed by atoms with Gasteiger partial charge in [-0.15, -0.1) is 0 Å². The van der Waals surface area contributed by atoms with Crippen LogP contribution in [0.5, 0.6) is 0 Å². The molecule has 1 aliphatic rings. The van der Waals surface area contributed by atoms with E-state index >= 15 is 0 Å². The third-order valence-corrected chi connectivity index (χ3v) is 3.06. The van der Waals surface area contributed by atoms with E-state index in [9.17, 15) is 4.79 Å². The predicted octanol–water partition coefficient (Wildman–Crippen LogP) is 0.824. The summed E-state index contributed by atoms with van der Waals surface area (Å²) < 4.78 is 5.30. The van der Waals surface area contributed by atoms with E-state index in [2.05, 4.69) is 11.9 Å². The van der Waals surface area contributed by atoms with Crippen LogP contribution in [0.1, 0.15) is 26.2 Å². The summed E-state index contributed by atoms with van der Waals surface area (Å²) in [6.45, 7) is 7.73. The molecule has 4 heteroatoms. The Bertz CT molecular complexity index is 254. The Labute approximate surface area is 97.2 Å². The van der Waals surface area contributed by atoms with Crippen molar-refractivity contribution in [2.24, 2.45) is 11.1 Å². The maximum atomic E-state index is 11.8. The highest BCUT2D eigenvalue weighted by molar-refractivity contribution is 5.83. The molecule has 4 nitrogen and oxygen atoms in total. The number of hydrogen-bond acceptors (Lipinski definition) is 3. The highest BCUT2D eigenvalue weighted by Crippen LogP contribution is 2.39. The fourth-order valence-corrected chi connectivity index (χ4v) is 1.80. The molecule has 1 saturated carbocycles. The highest BCUT2D eigenvalue weighted by Gasteiger charge is 2.42. The molecule has 1 amide bonds. The van der Waals surface area contributed by atoms with Crippen molar-refractivity contribution in [2.75, 3.05) is 26.3 Å². The van der Waals surface area contributed by atoms with E-state index in [4.69, 9.17) is 10.5 Å². The lowest BCUT2D eigenvalue weighted by Gasteiger charge is -2.39. The van der Waals surface area contributed by atoms with Crippen LogP contribution in [0.3, 0.4) is 0 Å². The fraction of sp³-hybridized carbons (Fsp3) is 0.750. The zero-order valence-corrected chi connectivity index (χ0v) is 10.1. The third kappa shape index (κ3) is 3.32. The van der Waals surface area contributed by atoms with Crippen molar-refractivity contribution >= 4 is 5.91 Å². The number of amides is 1. The minimum atomic E-state index is -0.283. The van der Waals surface area contributed by atoms with Crippen LogP contribution in [0, 0.1) is 5.41 Å². The van der Waals surface area contributed by atoms with Crippen LogP contribution in [0.15, 0.2) is 12.2 Å². The molecule has 1 rings (SSSR count). The molecule has 0 unspecified atom stereocenters. The van der Waals surface area contributed by atoms with Gasteiger partial charge in [-0.05, 0) is 19.8 Å². The van der Waals surface area contributed by atoms with Gasteiger partial charge in [0.1, 0.15) is 0 Å². The van der Waals surface area contributed by atoms with E-state index in [1.165, 1.54) is 0 Å². The molecule has 0 radical (unpaired) electrons. The van der Waals surface area contributed by atoms with E-state index in [0.29, 0.717) is 26.3 Å². The second-order valence-corrected chi connectivity index (χ2v) is 4.60. The number of carbonyl (C=O) groups excluding carboxylic acids is 1. The Kier molecular flexibility index (Phi) is 4.96. The molecule has 0 saturated heterocycles. The van der Waals surface area contributed by atoms with Crippen molar-refractivity contribution in [3.63, 3.8) is 0 Å². The van der Waals surface area contributed by atoms with Crippen LogP contribution in [0.25, 0.3) is 0 Å². The van der Waals surface area contributed by atoms with Crippen LogP contribution in [0.2, 0.25) is 0 Å². The lowest BCUT2D eigenvalue weighted by Crippen LogP contribution is -2.50. The van der Waals surface area contributed by atoms with Gasteiger partial charge in [0.05, 0.1) is 18.6 Å². The Morgan fingerprint density at radius 3 is 2.69 bits per heavy atom. The molecule has 0 aromatic heterocycles. The summed E-state index contributed by atoms with van der Waals surface area (Å²) in [5, 5.41) is 2.88. The van der Waals surface area contributed by atoms with Gasteiger partial charge in [-0.1, -0.05) is 18.6 Å². The Morgan fingerprint density at radius 2 is 2.25 bits per heavy atom. The third-order valence-electron chi connectivity index (χ3n) is 3.06. The molecular weight excluding hydrogens is 204 g/mol. The summed E-state index contributed by atoms with van der Waals surface area (Å²) in [5.41, 5.74) is 6.34. The van der Waals surface area contributed by atoms with E-state index in [1.807, 2.05) is 6.92 Å². The normalized spacial score (nSPS) is 17.6. The molecule has 0 aromatic rings. The zero-order chi connectivity index (χ0) is 12.0. The van der Waals surface area contributed by atoms with Gasteiger partial charge in [-0.2, -0.15) is 0 Å². The summed E-state index contributed by atoms with van der Waals surface area (Å²) in [4.78, 5) is 11.8. The Hall–Kier alpha value is -0.870. The van der Waals surface area contributed by atoms with Gasteiger partial charge in [0.25, 0.3) is 0 Å². The van der Waals surface area contributed by atoms with E-state index < -0.39 is 0 Å². The first-order valence-corrected chi connectivity index (χ1v) is 5.81. The second kappa shape index (κ2) is 6.01. The smallest absolute Gasteiger partial charge is 0.227 e. The van der Waals surface area contributed by atoms with Crippen molar-refractivity contribution < 1.29 is 9.53 Å². The summed E-state index contributed by atoms with van der Waals surface area (Å²) >= 11 is 0. The molecule has 16 heavy (non-hydrogen) atoms. The first-order chi connectivity index (χ1) is 7.60. The maximum Gasteiger partial charge on any atom is 0.227 e. The van der Waals surface area contributed by atoms with E-state index in [1.54, 1.807) is 0 Å². The molecule has 1 aliphatic carbocycles. The summed E-state index contributed by atoms with van der Waals surface area (Å²) in [6.07, 6.45) is 2.95. The monoisotopic (exact) mass is 226 g/mol. The summed E-state index contributed by atoms with van der Waals surface area (Å²) in [6, 6.07) is 0. The molecule has 0 spiro atoms. The quantitative estimate of drug-likeness (QED) is 0.499. The Balaban J connectivity index is 2.13. The average Bonchev–Trinajstić information content (AvgIpc) is 2.16. The number of carbonyl (C=O) groups is 1. The van der Waals surface area contributed by atoms with Gasteiger partial charge < -0.3 is 15.8 Å². The van der Waals surface area contributed by atoms with Gasteiger partial charge in [0, 0.05) is 13.1 Å². The number of nitrogens with two attached hydrogens (primary N) is 1. The summed E-state index contributed by atoms with van der Waals surface area (Å²) in [7, 11) is 0. The summed E-state index contributed by atoms with van der Waals surface area (Å²) in [5.74, 6) is 0.0835. The van der Waals surface area contributed by atoms with Crippen LogP contribution in [-0.4, -0.2) is 32.2 Å². The number of nitrogens with one attached hydrogen (secondary N) is 1. The first-order valence-electron chi connectivity index (χ1n) is 5.81. The predicted molar refractivity (Wildman–Crippen MR) is 64.0 cm³/mol. The maximum absolute atomic E-state index is 11.8. The molecule has 1 fully saturated rings. The van der Waals surface area contributed by atoms with Crippen LogP contribution >= 0.6 is 0 Å². The Morgan fingerprint density at radius 1 is 1.56 bits per heavy atom. The van der Waals surface area contributed by atoms with E-state index in [-0.39, 0.29) is 11.3 Å². The van der Waals surface area contributed by atoms with Crippen LogP contribution in [0.4, 0.5) is 0 Å². The van der Waals surface area contributed by atoms with Gasteiger partial charge >= 0.3 is 0 Å². The lowest BCUT2D eigenvalue weighted by molar-refractivity contribution is -0.135. The van der Waals surface area contributed by atoms with Crippen LogP contribution < -0.4 is 11.1 Å².